The van der Waals surface area contributed by atoms with Crippen molar-refractivity contribution in [3.8, 4) is 10.6 Å². The first-order valence-electron chi connectivity index (χ1n) is 6.08. The highest BCUT2D eigenvalue weighted by molar-refractivity contribution is 7.15. The van der Waals surface area contributed by atoms with E-state index in [2.05, 4.69) is 4.98 Å². The molecule has 0 aliphatic carbocycles. The van der Waals surface area contributed by atoms with E-state index in [4.69, 9.17) is 0 Å². The van der Waals surface area contributed by atoms with E-state index in [9.17, 15) is 18.0 Å². The minimum atomic E-state index is -4.34. The van der Waals surface area contributed by atoms with Crippen LogP contribution in [0.25, 0.3) is 10.6 Å². The fourth-order valence-electron chi connectivity index (χ4n) is 1.79. The van der Waals surface area contributed by atoms with Gasteiger partial charge in [0.05, 0.1) is 5.56 Å². The molecule has 1 aromatic heterocycles. The molecule has 0 unspecified atom stereocenters. The first-order valence-corrected chi connectivity index (χ1v) is 6.90. The van der Waals surface area contributed by atoms with E-state index in [1.807, 2.05) is 6.92 Å². The van der Waals surface area contributed by atoms with Gasteiger partial charge in [-0.25, -0.2) is 4.98 Å². The molecule has 2 nitrogen and oxygen atoms in total. The number of rotatable bonds is 4. The van der Waals surface area contributed by atoms with Crippen molar-refractivity contribution in [2.75, 3.05) is 0 Å². The van der Waals surface area contributed by atoms with Gasteiger partial charge in [0.1, 0.15) is 10.7 Å². The van der Waals surface area contributed by atoms with Crippen LogP contribution in [0.4, 0.5) is 13.2 Å². The lowest BCUT2D eigenvalue weighted by molar-refractivity contribution is -0.137. The molecule has 1 heterocycles. The van der Waals surface area contributed by atoms with Crippen LogP contribution in [0.5, 0.6) is 0 Å². The van der Waals surface area contributed by atoms with Crippen LogP contribution in [-0.2, 0) is 12.6 Å². The van der Waals surface area contributed by atoms with Crippen molar-refractivity contribution in [2.24, 2.45) is 0 Å². The molecule has 0 bridgehead atoms. The molecule has 6 heteroatoms. The lowest BCUT2D eigenvalue weighted by atomic mass is 10.1. The third kappa shape index (κ3) is 3.07. The molecule has 20 heavy (non-hydrogen) atoms. The summed E-state index contributed by atoms with van der Waals surface area (Å²) >= 11 is 1.35. The fourth-order valence-corrected chi connectivity index (χ4v) is 2.92. The fraction of sp³-hybridized carbons (Fsp3) is 0.286. The molecule has 0 N–H and O–H groups in total. The van der Waals surface area contributed by atoms with Gasteiger partial charge >= 0.3 is 6.18 Å². The average Bonchev–Trinajstić information content (AvgIpc) is 2.81. The average molecular weight is 299 g/mol. The van der Waals surface area contributed by atoms with E-state index in [1.54, 1.807) is 0 Å². The van der Waals surface area contributed by atoms with Gasteiger partial charge in [-0.1, -0.05) is 25.5 Å². The summed E-state index contributed by atoms with van der Waals surface area (Å²) in [6, 6.07) is 4.81. The quantitative estimate of drug-likeness (QED) is 0.773. The molecule has 0 saturated heterocycles. The number of benzene rings is 1. The second-order valence-corrected chi connectivity index (χ2v) is 5.35. The van der Waals surface area contributed by atoms with Crippen molar-refractivity contribution >= 4 is 17.6 Å². The molecule has 106 valence electrons. The molecule has 0 spiro atoms. The van der Waals surface area contributed by atoms with Gasteiger partial charge in [0.15, 0.2) is 6.29 Å². The third-order valence-corrected chi connectivity index (χ3v) is 3.96. The Morgan fingerprint density at radius 3 is 2.40 bits per heavy atom. The van der Waals surface area contributed by atoms with Gasteiger partial charge in [-0.2, -0.15) is 13.2 Å². The number of hydrogen-bond donors (Lipinski definition) is 0. The van der Waals surface area contributed by atoms with Gasteiger partial charge in [-0.3, -0.25) is 4.79 Å². The highest BCUT2D eigenvalue weighted by atomic mass is 32.1. The highest BCUT2D eigenvalue weighted by Gasteiger charge is 2.30. The van der Waals surface area contributed by atoms with E-state index < -0.39 is 11.7 Å². The highest BCUT2D eigenvalue weighted by Crippen LogP contribution is 2.33. The molecule has 2 rings (SSSR count). The number of hydrogen-bond acceptors (Lipinski definition) is 3. The Bertz CT molecular complexity index is 602. The van der Waals surface area contributed by atoms with Crippen LogP contribution in [0.3, 0.4) is 0 Å². The zero-order valence-corrected chi connectivity index (χ0v) is 11.5. The van der Waals surface area contributed by atoms with Crippen LogP contribution >= 0.6 is 11.3 Å². The second-order valence-electron chi connectivity index (χ2n) is 4.27. The van der Waals surface area contributed by atoms with Crippen molar-refractivity contribution in [1.29, 1.82) is 0 Å². The Morgan fingerprint density at radius 1 is 1.25 bits per heavy atom. The third-order valence-electron chi connectivity index (χ3n) is 2.78. The van der Waals surface area contributed by atoms with E-state index >= 15 is 0 Å². The summed E-state index contributed by atoms with van der Waals surface area (Å²) in [5.41, 5.74) is 0.280. The topological polar surface area (TPSA) is 30.0 Å². The van der Waals surface area contributed by atoms with Crippen LogP contribution in [0, 0.1) is 0 Å². The number of carbonyl (C=O) groups is 1. The number of alkyl halides is 3. The molecule has 1 aromatic carbocycles. The molecule has 2 aromatic rings. The Hall–Kier alpha value is -1.69. The molecule has 0 aliphatic rings. The summed E-state index contributed by atoms with van der Waals surface area (Å²) in [7, 11) is 0. The molecule has 0 fully saturated rings. The summed E-state index contributed by atoms with van der Waals surface area (Å²) in [5.74, 6) is 0. The maximum absolute atomic E-state index is 12.5. The van der Waals surface area contributed by atoms with Gasteiger partial charge in [-0.05, 0) is 18.6 Å². The first-order chi connectivity index (χ1) is 9.45. The van der Waals surface area contributed by atoms with Crippen molar-refractivity contribution in [3.63, 3.8) is 0 Å². The lowest BCUT2D eigenvalue weighted by Gasteiger charge is -2.06. The number of halogens is 3. The van der Waals surface area contributed by atoms with Gasteiger partial charge in [0.2, 0.25) is 0 Å². The van der Waals surface area contributed by atoms with Gasteiger partial charge in [0, 0.05) is 10.4 Å². The number of aryl methyl sites for hydroxylation is 1. The van der Waals surface area contributed by atoms with Crippen LogP contribution in [0.15, 0.2) is 24.3 Å². The normalized spacial score (nSPS) is 11.6. The zero-order chi connectivity index (χ0) is 14.8. The zero-order valence-electron chi connectivity index (χ0n) is 10.7. The standard InChI is InChI=1S/C14H12F3NOS/c1-2-3-12-11(8-19)18-13(20-12)9-4-6-10(7-5-9)14(15,16)17/h4-8H,2-3H2,1H3. The SMILES string of the molecule is CCCc1sc(-c2ccc(C(F)(F)F)cc2)nc1C=O. The summed E-state index contributed by atoms with van der Waals surface area (Å²) in [5, 5.41) is 0.573. The van der Waals surface area contributed by atoms with Crippen molar-refractivity contribution in [1.82, 2.24) is 4.98 Å². The van der Waals surface area contributed by atoms with E-state index in [0.717, 1.165) is 29.9 Å². The second kappa shape index (κ2) is 5.75. The largest absolute Gasteiger partial charge is 0.416 e. The van der Waals surface area contributed by atoms with Crippen LogP contribution in [0.2, 0.25) is 0 Å². The van der Waals surface area contributed by atoms with Gasteiger partial charge in [-0.15, -0.1) is 11.3 Å². The summed E-state index contributed by atoms with van der Waals surface area (Å²) in [6.07, 6.45) is -2.03. The van der Waals surface area contributed by atoms with Crippen molar-refractivity contribution in [2.45, 2.75) is 25.9 Å². The minimum absolute atomic E-state index is 0.381. The van der Waals surface area contributed by atoms with E-state index in [1.165, 1.54) is 23.5 Å². The summed E-state index contributed by atoms with van der Waals surface area (Å²) in [6.45, 7) is 1.99. The molecular formula is C14H12F3NOS. The smallest absolute Gasteiger partial charge is 0.296 e. The van der Waals surface area contributed by atoms with Gasteiger partial charge < -0.3 is 0 Å². The lowest BCUT2D eigenvalue weighted by Crippen LogP contribution is -2.03. The van der Waals surface area contributed by atoms with E-state index in [-0.39, 0.29) is 0 Å². The molecule has 0 radical (unpaired) electrons. The number of aldehydes is 1. The van der Waals surface area contributed by atoms with Crippen LogP contribution in [0.1, 0.15) is 34.3 Å². The maximum atomic E-state index is 12.5. The Balaban J connectivity index is 2.34. The first kappa shape index (κ1) is 14.7. The predicted molar refractivity (Wildman–Crippen MR) is 71.9 cm³/mol. The Labute approximate surface area is 118 Å². The van der Waals surface area contributed by atoms with Gasteiger partial charge in [0.25, 0.3) is 0 Å². The number of carbonyl (C=O) groups excluding carboxylic acids is 1. The van der Waals surface area contributed by atoms with Crippen molar-refractivity contribution in [3.05, 3.63) is 40.4 Å². The predicted octanol–water partition coefficient (Wildman–Crippen LogP) is 4.59. The molecule has 0 saturated carbocycles. The Kier molecular flexibility index (Phi) is 4.23. The number of thiazole rings is 1. The Morgan fingerprint density at radius 2 is 1.90 bits per heavy atom. The van der Waals surface area contributed by atoms with Crippen LogP contribution in [-0.4, -0.2) is 11.3 Å². The molecule has 0 amide bonds. The number of aromatic nitrogens is 1. The molecule has 0 atom stereocenters. The van der Waals surface area contributed by atoms with Crippen molar-refractivity contribution < 1.29 is 18.0 Å². The number of nitrogens with zero attached hydrogens (tertiary/aromatic N) is 1. The summed E-state index contributed by atoms with van der Waals surface area (Å²) in [4.78, 5) is 16.0. The monoisotopic (exact) mass is 299 g/mol. The molecular weight excluding hydrogens is 287 g/mol. The van der Waals surface area contributed by atoms with Crippen LogP contribution < -0.4 is 0 Å². The summed E-state index contributed by atoms with van der Waals surface area (Å²) < 4.78 is 37.5. The molecule has 0 aliphatic heterocycles. The van der Waals surface area contributed by atoms with E-state index in [0.29, 0.717) is 22.6 Å². The maximum Gasteiger partial charge on any atom is 0.416 e. The minimum Gasteiger partial charge on any atom is -0.296 e.